The lowest BCUT2D eigenvalue weighted by atomic mass is 8.50. The standard InChI is InChI=1S/C8H26B12O2S/c9-16(10)19(20(17(11)12)18(13)14)15-6-7(15)23-5-3-1-2-4-8(21)22/h7H,1-6,9-14H2,(H,21,22). The van der Waals surface area contributed by atoms with Crippen LogP contribution in [0.3, 0.4) is 0 Å². The summed E-state index contributed by atoms with van der Waals surface area (Å²) in [5.41, 5.74) is 0. The van der Waals surface area contributed by atoms with Crippen LogP contribution in [0, 0.1) is 0 Å². The van der Waals surface area contributed by atoms with Gasteiger partial charge in [-0.1, -0.05) is 12.7 Å². The molecule has 1 unspecified atom stereocenters. The van der Waals surface area contributed by atoms with Crippen LogP contribution in [-0.4, -0.2) is 107 Å². The van der Waals surface area contributed by atoms with Crippen molar-refractivity contribution >= 4 is 103 Å². The lowest BCUT2D eigenvalue weighted by Crippen LogP contribution is -2.70. The first-order valence-corrected chi connectivity index (χ1v) is 10.6. The van der Waals surface area contributed by atoms with E-state index in [1.165, 1.54) is 18.5 Å². The highest BCUT2D eigenvalue weighted by atomic mass is 32.2. The smallest absolute Gasteiger partial charge is 0.303 e. The average molecular weight is 316 g/mol. The molecule has 0 saturated carbocycles. The summed E-state index contributed by atoms with van der Waals surface area (Å²) in [4.78, 5) is 10.5. The van der Waals surface area contributed by atoms with E-state index in [1.807, 2.05) is 0 Å². The van der Waals surface area contributed by atoms with Gasteiger partial charge in [-0.2, -0.15) is 11.8 Å². The van der Waals surface area contributed by atoms with Crippen molar-refractivity contribution in [1.29, 1.82) is 0 Å². The zero-order valence-corrected chi connectivity index (χ0v) is 16.9. The molecule has 0 aromatic heterocycles. The third-order valence-electron chi connectivity index (χ3n) is 5.39. The van der Waals surface area contributed by atoms with Gasteiger partial charge in [0, 0.05) is 38.3 Å². The lowest BCUT2D eigenvalue weighted by molar-refractivity contribution is -0.137. The first-order chi connectivity index (χ1) is 10.8. The van der Waals surface area contributed by atoms with Crippen LogP contribution in [0.4, 0.5) is 0 Å². The van der Waals surface area contributed by atoms with Crippen molar-refractivity contribution in [2.75, 3.05) is 5.75 Å². The van der Waals surface area contributed by atoms with Crippen LogP contribution in [0.15, 0.2) is 0 Å². The number of unbranched alkanes of at least 4 members (excludes halogenated alkanes) is 2. The van der Waals surface area contributed by atoms with E-state index < -0.39 is 5.97 Å². The minimum absolute atomic E-state index is 0.330. The van der Waals surface area contributed by atoms with Crippen molar-refractivity contribution in [2.45, 2.75) is 37.2 Å². The largest absolute Gasteiger partial charge is 0.481 e. The predicted octanol–water partition coefficient (Wildman–Crippen LogP) is -5.57. The zero-order chi connectivity index (χ0) is 17.6. The first kappa shape index (κ1) is 21.6. The summed E-state index contributed by atoms with van der Waals surface area (Å²) in [5.74, 6) is 0.549. The summed E-state index contributed by atoms with van der Waals surface area (Å²) in [6.07, 6.45) is 8.80. The third kappa shape index (κ3) is 7.57. The molecule has 0 radical (unpaired) electrons. The fraction of sp³-hybridized carbons (Fsp3) is 0.875. The van der Waals surface area contributed by atoms with Crippen molar-refractivity contribution in [3.63, 3.8) is 0 Å². The van der Waals surface area contributed by atoms with Gasteiger partial charge in [0.05, 0.1) is 46.4 Å². The van der Waals surface area contributed by atoms with Crippen molar-refractivity contribution in [2.24, 2.45) is 0 Å². The Morgan fingerprint density at radius 1 is 1.04 bits per heavy atom. The second-order valence-corrected chi connectivity index (χ2v) is 9.75. The van der Waals surface area contributed by atoms with Crippen LogP contribution in [-0.2, 0) is 4.79 Å². The highest BCUT2D eigenvalue weighted by molar-refractivity contribution is 8.11. The van der Waals surface area contributed by atoms with Gasteiger partial charge in [-0.3, -0.25) is 4.79 Å². The summed E-state index contributed by atoms with van der Waals surface area (Å²) >= 11 is 2.15. The summed E-state index contributed by atoms with van der Waals surface area (Å²) in [5, 5.41) is 9.52. The summed E-state index contributed by atoms with van der Waals surface area (Å²) in [7, 11) is 14.4. The summed E-state index contributed by atoms with van der Waals surface area (Å²) in [6.45, 7) is 0.911. The number of rotatable bonds is 12. The fourth-order valence-electron chi connectivity index (χ4n) is 4.46. The Morgan fingerprint density at radius 2 is 1.65 bits per heavy atom. The Bertz CT molecular complexity index is 363. The van der Waals surface area contributed by atoms with Gasteiger partial charge < -0.3 is 5.11 Å². The van der Waals surface area contributed by atoms with E-state index in [0.717, 1.165) is 56.5 Å². The molecule has 1 saturated heterocycles. The number of thioether (sulfide) groups is 1. The maximum absolute atomic E-state index is 10.5. The highest BCUT2D eigenvalue weighted by Crippen LogP contribution is 2.37. The molecule has 15 heteroatoms. The minimum Gasteiger partial charge on any atom is -0.481 e. The van der Waals surface area contributed by atoms with E-state index in [2.05, 4.69) is 58.2 Å². The van der Waals surface area contributed by atoms with E-state index in [-0.39, 0.29) is 0 Å². The lowest BCUT2D eigenvalue weighted by Gasteiger charge is -2.30. The van der Waals surface area contributed by atoms with Gasteiger partial charge in [-0.05, 0) is 23.7 Å². The molecule has 1 rings (SSSR count). The maximum Gasteiger partial charge on any atom is 0.303 e. The Kier molecular flexibility index (Phi) is 9.94. The van der Waals surface area contributed by atoms with E-state index in [1.54, 1.807) is 0 Å². The average Bonchev–Trinajstić information content (AvgIpc) is 3.17. The van der Waals surface area contributed by atoms with Crippen LogP contribution in [0.25, 0.3) is 0 Å². The molecule has 1 heterocycles. The second-order valence-electron chi connectivity index (χ2n) is 8.40. The van der Waals surface area contributed by atoms with Gasteiger partial charge in [0.1, 0.15) is 6.60 Å². The van der Waals surface area contributed by atoms with E-state index in [9.17, 15) is 4.79 Å². The van der Waals surface area contributed by atoms with Crippen LogP contribution >= 0.6 is 11.8 Å². The third-order valence-corrected chi connectivity index (χ3v) is 6.89. The van der Waals surface area contributed by atoms with Gasteiger partial charge in [0.2, 0.25) is 0 Å². The molecule has 0 aliphatic carbocycles. The molecule has 0 amide bonds. The molecule has 1 aliphatic rings. The molecule has 0 aromatic rings. The van der Waals surface area contributed by atoms with E-state index in [0.29, 0.717) is 6.42 Å². The number of hydrogen-bond acceptors (Lipinski definition) is 2. The van der Waals surface area contributed by atoms with Gasteiger partial charge in [-0.25, -0.2) is 0 Å². The van der Waals surface area contributed by atoms with Gasteiger partial charge in [0.15, 0.2) is 0 Å². The van der Waals surface area contributed by atoms with Crippen LogP contribution in [0.5, 0.6) is 0 Å². The number of carboxylic acids is 1. The number of carbonyl (C=O) groups is 1. The molecule has 1 N–H and O–H groups in total. The quantitative estimate of drug-likeness (QED) is 0.288. The molecule has 1 atom stereocenters. The van der Waals surface area contributed by atoms with Crippen LogP contribution in [0.2, 0.25) is 6.32 Å². The SMILES string of the molecule is BB(B)B(B(B)B)B(B(B)B)B1CC1SCCCCCC(=O)O. The minimum atomic E-state index is -0.659. The van der Waals surface area contributed by atoms with E-state index in [4.69, 9.17) is 5.11 Å². The topological polar surface area (TPSA) is 37.3 Å². The molecule has 0 bridgehead atoms. The molecule has 0 aromatic carbocycles. The van der Waals surface area contributed by atoms with Crippen LogP contribution in [0.1, 0.15) is 25.7 Å². The van der Waals surface area contributed by atoms with Crippen molar-refractivity contribution < 1.29 is 9.90 Å². The Labute approximate surface area is 155 Å². The zero-order valence-electron chi connectivity index (χ0n) is 16.0. The van der Waals surface area contributed by atoms with Gasteiger partial charge in [-0.15, -0.1) is 0 Å². The fourth-order valence-corrected chi connectivity index (χ4v) is 5.92. The second kappa shape index (κ2) is 10.6. The van der Waals surface area contributed by atoms with E-state index >= 15 is 0 Å². The van der Waals surface area contributed by atoms with Crippen LogP contribution < -0.4 is 0 Å². The highest BCUT2D eigenvalue weighted by Gasteiger charge is 2.52. The van der Waals surface area contributed by atoms with Crippen molar-refractivity contribution in [3.05, 3.63) is 0 Å². The maximum atomic E-state index is 10.5. The first-order valence-electron chi connectivity index (χ1n) is 9.59. The normalized spacial score (nSPS) is 15.8. The molecule has 1 aliphatic heterocycles. The van der Waals surface area contributed by atoms with Gasteiger partial charge in [0.25, 0.3) is 0 Å². The molecule has 112 valence electrons. The molecule has 23 heavy (non-hydrogen) atoms. The molecular formula is C8H26B12O2S. The molecule has 0 spiro atoms. The molecule has 2 nitrogen and oxygen atoms in total. The number of aliphatic carboxylic acids is 1. The predicted molar refractivity (Wildman–Crippen MR) is 133 cm³/mol. The monoisotopic (exact) mass is 318 g/mol. The summed E-state index contributed by atoms with van der Waals surface area (Å²) < 4.78 is 0. The summed E-state index contributed by atoms with van der Waals surface area (Å²) in [6, 6.07) is 0. The molecular weight excluding hydrogens is 290 g/mol. The number of hydrogen-bond donors (Lipinski definition) is 1. The Balaban J connectivity index is 2.36. The van der Waals surface area contributed by atoms with Crippen molar-refractivity contribution in [3.8, 4) is 0 Å². The molecule has 1 fully saturated rings. The number of carboxylic acid groups (broad SMARTS) is 1. The Morgan fingerprint density at radius 3 is 2.13 bits per heavy atom. The Hall–Kier alpha value is 0.599. The van der Waals surface area contributed by atoms with Crippen molar-refractivity contribution in [1.82, 2.24) is 0 Å². The van der Waals surface area contributed by atoms with Gasteiger partial charge >= 0.3 is 5.97 Å².